The molecular weight excluding hydrogens is 338 g/mol. The van der Waals surface area contributed by atoms with Crippen molar-refractivity contribution in [2.75, 3.05) is 13.1 Å². The topological polar surface area (TPSA) is 78.5 Å². The summed E-state index contributed by atoms with van der Waals surface area (Å²) in [5, 5.41) is 0. The first-order chi connectivity index (χ1) is 12.1. The van der Waals surface area contributed by atoms with Crippen LogP contribution in [0.5, 0.6) is 0 Å². The molecule has 1 saturated heterocycles. The highest BCUT2D eigenvalue weighted by Crippen LogP contribution is 2.28. The number of hydrogen-bond donors (Lipinski definition) is 2. The summed E-state index contributed by atoms with van der Waals surface area (Å²) in [4.78, 5) is 39.7. The van der Waals surface area contributed by atoms with Crippen molar-refractivity contribution in [2.45, 2.75) is 57.8 Å². The number of aryl methyl sites for hydroxylation is 2. The van der Waals surface area contributed by atoms with Gasteiger partial charge in [-0.25, -0.2) is 0 Å². The summed E-state index contributed by atoms with van der Waals surface area (Å²) in [6.07, 6.45) is 8.99. The maximum atomic E-state index is 12.3. The van der Waals surface area contributed by atoms with Gasteiger partial charge in [0.05, 0.1) is 4.88 Å². The molecule has 1 aliphatic heterocycles. The van der Waals surface area contributed by atoms with E-state index in [-0.39, 0.29) is 24.3 Å². The van der Waals surface area contributed by atoms with Crippen LogP contribution >= 0.6 is 11.3 Å². The third kappa shape index (κ3) is 4.81. The molecule has 2 heterocycles. The summed E-state index contributed by atoms with van der Waals surface area (Å²) >= 11 is 1.52. The van der Waals surface area contributed by atoms with Gasteiger partial charge in [0.1, 0.15) is 6.54 Å². The highest BCUT2D eigenvalue weighted by atomic mass is 32.1. The number of amides is 3. The van der Waals surface area contributed by atoms with Crippen LogP contribution in [0.2, 0.25) is 0 Å². The first-order valence-electron chi connectivity index (χ1n) is 9.12. The summed E-state index contributed by atoms with van der Waals surface area (Å²) in [5.41, 5.74) is 6.19. The lowest BCUT2D eigenvalue weighted by Gasteiger charge is -2.19. The normalized spacial score (nSPS) is 18.1. The van der Waals surface area contributed by atoms with Crippen LogP contribution in [0, 0.1) is 0 Å². The number of rotatable bonds is 3. The van der Waals surface area contributed by atoms with E-state index in [4.69, 9.17) is 0 Å². The Balaban J connectivity index is 1.50. The van der Waals surface area contributed by atoms with Crippen molar-refractivity contribution < 1.29 is 14.4 Å². The lowest BCUT2D eigenvalue weighted by atomic mass is 10.1. The molecule has 3 rings (SSSR count). The molecule has 2 aliphatic rings. The third-order valence-electron chi connectivity index (χ3n) is 4.79. The highest BCUT2D eigenvalue weighted by molar-refractivity contribution is 7.14. The molecule has 25 heavy (non-hydrogen) atoms. The Morgan fingerprint density at radius 1 is 1.00 bits per heavy atom. The molecule has 1 aromatic heterocycles. The fourth-order valence-electron chi connectivity index (χ4n) is 3.39. The molecule has 0 radical (unpaired) electrons. The fraction of sp³-hybridized carbons (Fsp3) is 0.611. The molecule has 0 bridgehead atoms. The number of hydrogen-bond acceptors (Lipinski definition) is 4. The minimum atomic E-state index is -0.360. The van der Waals surface area contributed by atoms with Gasteiger partial charge in [-0.1, -0.05) is 12.8 Å². The Morgan fingerprint density at radius 2 is 1.76 bits per heavy atom. The van der Waals surface area contributed by atoms with Crippen LogP contribution in [0.25, 0.3) is 0 Å². The predicted octanol–water partition coefficient (Wildman–Crippen LogP) is 2.18. The van der Waals surface area contributed by atoms with Gasteiger partial charge in [0.15, 0.2) is 0 Å². The van der Waals surface area contributed by atoms with E-state index in [1.54, 1.807) is 4.90 Å². The number of likely N-dealkylation sites (tertiary alicyclic amines) is 1. The zero-order valence-electron chi connectivity index (χ0n) is 14.4. The lowest BCUT2D eigenvalue weighted by molar-refractivity contribution is -0.135. The minimum absolute atomic E-state index is 0.0000534. The largest absolute Gasteiger partial charge is 0.333 e. The summed E-state index contributed by atoms with van der Waals surface area (Å²) < 4.78 is 0. The smallest absolute Gasteiger partial charge is 0.279 e. The maximum Gasteiger partial charge on any atom is 0.279 e. The number of carbonyl (C=O) groups excluding carboxylic acids is 3. The van der Waals surface area contributed by atoms with Crippen LogP contribution in [0.3, 0.4) is 0 Å². The maximum absolute atomic E-state index is 12.3. The highest BCUT2D eigenvalue weighted by Gasteiger charge is 2.20. The third-order valence-corrected chi connectivity index (χ3v) is 6.03. The Kier molecular flexibility index (Phi) is 6.07. The van der Waals surface area contributed by atoms with Gasteiger partial charge in [-0.05, 0) is 50.2 Å². The van der Waals surface area contributed by atoms with Crippen molar-refractivity contribution in [2.24, 2.45) is 0 Å². The van der Waals surface area contributed by atoms with Gasteiger partial charge >= 0.3 is 0 Å². The van der Waals surface area contributed by atoms with E-state index in [0.29, 0.717) is 17.8 Å². The van der Waals surface area contributed by atoms with Crippen LogP contribution in [-0.2, 0) is 22.4 Å². The molecule has 2 N–H and O–H groups in total. The van der Waals surface area contributed by atoms with Crippen LogP contribution < -0.4 is 10.9 Å². The van der Waals surface area contributed by atoms with Gasteiger partial charge < -0.3 is 4.90 Å². The van der Waals surface area contributed by atoms with E-state index in [1.807, 2.05) is 6.07 Å². The number of thiophene rings is 1. The number of hydrazine groups is 1. The molecule has 0 aromatic carbocycles. The van der Waals surface area contributed by atoms with E-state index in [0.717, 1.165) is 32.1 Å². The van der Waals surface area contributed by atoms with Crippen LogP contribution in [-0.4, -0.2) is 35.7 Å². The number of carbonyl (C=O) groups is 3. The van der Waals surface area contributed by atoms with E-state index < -0.39 is 0 Å². The lowest BCUT2D eigenvalue weighted by Crippen LogP contribution is -2.47. The summed E-state index contributed by atoms with van der Waals surface area (Å²) in [5.74, 6) is -0.628. The first-order valence-corrected chi connectivity index (χ1v) is 9.93. The molecule has 1 aliphatic carbocycles. The average molecular weight is 363 g/mol. The summed E-state index contributed by atoms with van der Waals surface area (Å²) in [7, 11) is 0. The molecule has 0 unspecified atom stereocenters. The van der Waals surface area contributed by atoms with Gasteiger partial charge in [-0.3, -0.25) is 25.2 Å². The SMILES string of the molecule is O=C(CN1CCCCCC1=O)NNC(=O)c1cc2c(s1)CCCCC2. The number of nitrogens with one attached hydrogen (secondary N) is 2. The Hall–Kier alpha value is -1.89. The zero-order valence-corrected chi connectivity index (χ0v) is 15.3. The Bertz CT molecular complexity index is 632. The fourth-order valence-corrected chi connectivity index (χ4v) is 4.53. The second kappa shape index (κ2) is 8.47. The predicted molar refractivity (Wildman–Crippen MR) is 96.2 cm³/mol. The minimum Gasteiger partial charge on any atom is -0.333 e. The van der Waals surface area contributed by atoms with Crippen molar-refractivity contribution in [3.63, 3.8) is 0 Å². The van der Waals surface area contributed by atoms with Crippen molar-refractivity contribution in [1.82, 2.24) is 15.8 Å². The van der Waals surface area contributed by atoms with Gasteiger partial charge in [-0.15, -0.1) is 11.3 Å². The van der Waals surface area contributed by atoms with Gasteiger partial charge in [-0.2, -0.15) is 0 Å². The van der Waals surface area contributed by atoms with Gasteiger partial charge in [0.25, 0.3) is 11.8 Å². The van der Waals surface area contributed by atoms with Gasteiger partial charge in [0, 0.05) is 17.8 Å². The van der Waals surface area contributed by atoms with E-state index in [9.17, 15) is 14.4 Å². The zero-order chi connectivity index (χ0) is 17.6. The molecule has 1 aromatic rings. The molecular formula is C18H25N3O3S. The van der Waals surface area contributed by atoms with Crippen molar-refractivity contribution in [3.05, 3.63) is 21.4 Å². The Labute approximate surface area is 151 Å². The van der Waals surface area contributed by atoms with Gasteiger partial charge in [0.2, 0.25) is 5.91 Å². The molecule has 0 spiro atoms. The molecule has 136 valence electrons. The molecule has 6 nitrogen and oxygen atoms in total. The van der Waals surface area contributed by atoms with E-state index in [2.05, 4.69) is 10.9 Å². The summed E-state index contributed by atoms with van der Waals surface area (Å²) in [6.45, 7) is 0.609. The van der Waals surface area contributed by atoms with E-state index in [1.165, 1.54) is 41.0 Å². The quantitative estimate of drug-likeness (QED) is 0.638. The second-order valence-corrected chi connectivity index (χ2v) is 7.88. The summed E-state index contributed by atoms with van der Waals surface area (Å²) in [6, 6.07) is 1.95. The van der Waals surface area contributed by atoms with Crippen molar-refractivity contribution in [1.29, 1.82) is 0 Å². The number of fused-ring (bicyclic) bond motifs is 1. The second-order valence-electron chi connectivity index (χ2n) is 6.75. The average Bonchev–Trinajstić information content (AvgIpc) is 2.74. The van der Waals surface area contributed by atoms with Crippen molar-refractivity contribution in [3.8, 4) is 0 Å². The Morgan fingerprint density at radius 3 is 2.64 bits per heavy atom. The van der Waals surface area contributed by atoms with Crippen LogP contribution in [0.15, 0.2) is 6.07 Å². The molecule has 1 fully saturated rings. The van der Waals surface area contributed by atoms with Crippen LogP contribution in [0.1, 0.15) is 65.1 Å². The molecule has 0 saturated carbocycles. The molecule has 0 atom stereocenters. The first kappa shape index (κ1) is 17.9. The standard InChI is InChI=1S/C18H25N3O3S/c22-16(12-21-10-6-2-5-9-17(21)23)19-20-18(24)15-11-13-7-3-1-4-8-14(13)25-15/h11H,1-10,12H2,(H,19,22)(H,20,24). The van der Waals surface area contributed by atoms with E-state index >= 15 is 0 Å². The molecule has 7 heteroatoms. The van der Waals surface area contributed by atoms with Crippen LogP contribution in [0.4, 0.5) is 0 Å². The molecule has 3 amide bonds. The van der Waals surface area contributed by atoms with Crippen molar-refractivity contribution >= 4 is 29.1 Å². The monoisotopic (exact) mass is 363 g/mol. The number of nitrogens with zero attached hydrogens (tertiary/aromatic N) is 1.